The molecule has 0 atom stereocenters. The lowest BCUT2D eigenvalue weighted by Crippen LogP contribution is -2.30. The van der Waals surface area contributed by atoms with Gasteiger partial charge < -0.3 is 25.4 Å². The summed E-state index contributed by atoms with van der Waals surface area (Å²) in [5, 5.41) is 19.4. The zero-order chi connectivity index (χ0) is 24.0. The van der Waals surface area contributed by atoms with E-state index >= 15 is 0 Å². The van der Waals surface area contributed by atoms with Crippen molar-refractivity contribution in [1.29, 1.82) is 5.26 Å². The number of carbonyl (C=O) groups is 1. The van der Waals surface area contributed by atoms with E-state index in [4.69, 9.17) is 9.47 Å². The van der Waals surface area contributed by atoms with Gasteiger partial charge >= 0.3 is 6.03 Å². The Bertz CT molecular complexity index is 1420. The van der Waals surface area contributed by atoms with Crippen LogP contribution < -0.4 is 25.4 Å². The van der Waals surface area contributed by atoms with Gasteiger partial charge in [0.25, 0.3) is 0 Å². The first-order chi connectivity index (χ1) is 17.2. The number of fused-ring (bicyclic) bond motifs is 2. The molecule has 0 saturated carbocycles. The number of hydrogen-bond acceptors (Lipinski definition) is 6. The van der Waals surface area contributed by atoms with Gasteiger partial charge in [0.1, 0.15) is 11.9 Å². The number of nitrogens with zero attached hydrogens (tertiary/aromatic N) is 2. The summed E-state index contributed by atoms with van der Waals surface area (Å²) in [6.07, 6.45) is 0.652. The third kappa shape index (κ3) is 4.94. The summed E-state index contributed by atoms with van der Waals surface area (Å²) < 4.78 is 10.8. The summed E-state index contributed by atoms with van der Waals surface area (Å²) >= 11 is 0. The Hall–Kier alpha value is -4.77. The summed E-state index contributed by atoms with van der Waals surface area (Å²) in [7, 11) is 0. The van der Waals surface area contributed by atoms with Crippen LogP contribution >= 0.6 is 0 Å². The van der Waals surface area contributed by atoms with Gasteiger partial charge in [0, 0.05) is 30.1 Å². The van der Waals surface area contributed by atoms with Crippen molar-refractivity contribution in [2.24, 2.45) is 0 Å². The molecule has 5 rings (SSSR count). The average Bonchev–Trinajstić information content (AvgIpc) is 3.34. The van der Waals surface area contributed by atoms with Crippen LogP contribution in [0.2, 0.25) is 0 Å². The number of rotatable bonds is 7. The van der Waals surface area contributed by atoms with E-state index < -0.39 is 0 Å². The fourth-order valence-electron chi connectivity index (χ4n) is 3.91. The zero-order valence-electron chi connectivity index (χ0n) is 18.9. The van der Waals surface area contributed by atoms with Crippen molar-refractivity contribution in [2.45, 2.75) is 6.42 Å². The molecule has 2 heterocycles. The van der Waals surface area contributed by atoms with Crippen LogP contribution in [0, 0.1) is 11.3 Å². The smallest absolute Gasteiger partial charge is 0.319 e. The Morgan fingerprint density at radius 2 is 1.74 bits per heavy atom. The van der Waals surface area contributed by atoms with Crippen molar-refractivity contribution in [3.8, 4) is 28.7 Å². The van der Waals surface area contributed by atoms with Crippen LogP contribution in [-0.2, 0) is 0 Å². The molecule has 2 amide bonds. The van der Waals surface area contributed by atoms with Gasteiger partial charge in [0.2, 0.25) is 6.79 Å². The zero-order valence-corrected chi connectivity index (χ0v) is 18.9. The molecule has 174 valence electrons. The van der Waals surface area contributed by atoms with E-state index in [2.05, 4.69) is 27.0 Å². The molecule has 1 aliphatic rings. The highest BCUT2D eigenvalue weighted by Gasteiger charge is 2.16. The first-order valence-corrected chi connectivity index (χ1v) is 11.3. The van der Waals surface area contributed by atoms with E-state index in [1.807, 2.05) is 66.7 Å². The molecule has 0 saturated heterocycles. The maximum absolute atomic E-state index is 12.4. The average molecular weight is 466 g/mol. The predicted molar refractivity (Wildman–Crippen MR) is 135 cm³/mol. The van der Waals surface area contributed by atoms with Crippen LogP contribution in [0.3, 0.4) is 0 Å². The van der Waals surface area contributed by atoms with Crippen molar-refractivity contribution in [1.82, 2.24) is 10.3 Å². The highest BCUT2D eigenvalue weighted by Crippen LogP contribution is 2.36. The number of pyridine rings is 1. The third-order valence-electron chi connectivity index (χ3n) is 5.62. The molecule has 8 nitrogen and oxygen atoms in total. The molecule has 3 N–H and O–H groups in total. The molecule has 8 heteroatoms. The van der Waals surface area contributed by atoms with Crippen LogP contribution in [0.5, 0.6) is 11.5 Å². The molecule has 1 aliphatic heterocycles. The molecular weight excluding hydrogens is 442 g/mol. The second-order valence-electron chi connectivity index (χ2n) is 7.97. The third-order valence-corrected chi connectivity index (χ3v) is 5.62. The van der Waals surface area contributed by atoms with Crippen LogP contribution in [0.15, 0.2) is 72.8 Å². The van der Waals surface area contributed by atoms with Crippen LogP contribution in [0.1, 0.15) is 12.0 Å². The van der Waals surface area contributed by atoms with Gasteiger partial charge in [-0.15, -0.1) is 0 Å². The number of anilines is 2. The first-order valence-electron chi connectivity index (χ1n) is 11.3. The number of hydrogen-bond donors (Lipinski definition) is 3. The van der Waals surface area contributed by atoms with Crippen molar-refractivity contribution in [3.05, 3.63) is 78.4 Å². The fraction of sp³-hybridized carbons (Fsp3) is 0.148. The molecule has 0 fully saturated rings. The highest BCUT2D eigenvalue weighted by molar-refractivity contribution is 5.94. The lowest BCUT2D eigenvalue weighted by atomic mass is 10.0. The number of ether oxygens (including phenoxy) is 2. The number of para-hydroxylation sites is 1. The molecular formula is C27H23N5O3. The van der Waals surface area contributed by atoms with Crippen molar-refractivity contribution in [3.63, 3.8) is 0 Å². The maximum Gasteiger partial charge on any atom is 0.319 e. The molecule has 0 unspecified atom stereocenters. The summed E-state index contributed by atoms with van der Waals surface area (Å²) in [4.78, 5) is 17.0. The van der Waals surface area contributed by atoms with E-state index in [9.17, 15) is 10.1 Å². The second kappa shape index (κ2) is 10.0. The Labute approximate surface area is 202 Å². The van der Waals surface area contributed by atoms with Gasteiger partial charge in [0.05, 0.1) is 16.8 Å². The minimum absolute atomic E-state index is 0.181. The van der Waals surface area contributed by atoms with Gasteiger partial charge in [0.15, 0.2) is 11.5 Å². The lowest BCUT2D eigenvalue weighted by Gasteiger charge is -2.13. The van der Waals surface area contributed by atoms with E-state index in [1.54, 1.807) is 6.07 Å². The van der Waals surface area contributed by atoms with Crippen LogP contribution in [-0.4, -0.2) is 30.9 Å². The molecule has 1 aromatic heterocycles. The number of urea groups is 1. The molecule has 35 heavy (non-hydrogen) atoms. The van der Waals surface area contributed by atoms with E-state index in [-0.39, 0.29) is 12.8 Å². The van der Waals surface area contributed by atoms with Crippen molar-refractivity contribution < 1.29 is 14.3 Å². The Morgan fingerprint density at radius 3 is 2.57 bits per heavy atom. The number of aromatic nitrogens is 1. The summed E-state index contributed by atoms with van der Waals surface area (Å²) in [6.45, 7) is 1.18. The van der Waals surface area contributed by atoms with Crippen LogP contribution in [0.25, 0.3) is 22.0 Å². The number of nitriles is 1. The standard InChI is InChI=1S/C27H23N5O3/c28-16-20-13-19-14-24-25(35-17-34-24)15-23(19)31-26(20)29-11-6-12-30-27(33)32-22-10-5-4-9-21(22)18-7-2-1-3-8-18/h1-5,7-10,13-15H,6,11-12,17H2,(H,29,31)(H2,30,32,33). The number of benzene rings is 3. The number of carbonyl (C=O) groups excluding carboxylic acids is 1. The number of nitrogens with one attached hydrogen (secondary N) is 3. The first kappa shape index (κ1) is 22.0. The molecule has 4 aromatic rings. The minimum Gasteiger partial charge on any atom is -0.454 e. The van der Waals surface area contributed by atoms with Crippen molar-refractivity contribution in [2.75, 3.05) is 30.5 Å². The SMILES string of the molecule is N#Cc1cc2cc3c(cc2nc1NCCCNC(=O)Nc1ccccc1-c1ccccc1)OCO3. The molecule has 0 radical (unpaired) electrons. The van der Waals surface area contributed by atoms with Gasteiger partial charge in [-0.25, -0.2) is 9.78 Å². The molecule has 3 aromatic carbocycles. The Kier molecular flexibility index (Phi) is 6.31. The van der Waals surface area contributed by atoms with Gasteiger partial charge in [-0.2, -0.15) is 5.26 Å². The van der Waals surface area contributed by atoms with Gasteiger partial charge in [-0.3, -0.25) is 0 Å². The number of amides is 2. The van der Waals surface area contributed by atoms with Crippen molar-refractivity contribution >= 4 is 28.4 Å². The summed E-state index contributed by atoms with van der Waals surface area (Å²) in [5.74, 6) is 1.80. The normalized spacial score (nSPS) is 11.6. The lowest BCUT2D eigenvalue weighted by molar-refractivity contribution is 0.174. The maximum atomic E-state index is 12.4. The molecule has 0 aliphatic carbocycles. The Morgan fingerprint density at radius 1 is 0.971 bits per heavy atom. The van der Waals surface area contributed by atoms with E-state index in [1.165, 1.54) is 0 Å². The fourth-order valence-corrected chi connectivity index (χ4v) is 3.91. The summed E-state index contributed by atoms with van der Waals surface area (Å²) in [6, 6.07) is 24.9. The highest BCUT2D eigenvalue weighted by atomic mass is 16.7. The second-order valence-corrected chi connectivity index (χ2v) is 7.97. The molecule has 0 spiro atoms. The van der Waals surface area contributed by atoms with E-state index in [0.717, 1.165) is 22.2 Å². The monoisotopic (exact) mass is 465 g/mol. The summed E-state index contributed by atoms with van der Waals surface area (Å²) in [5.41, 5.74) is 3.89. The Balaban J connectivity index is 1.15. The predicted octanol–water partition coefficient (Wildman–Crippen LogP) is 5.13. The largest absolute Gasteiger partial charge is 0.454 e. The topological polar surface area (TPSA) is 108 Å². The van der Waals surface area contributed by atoms with Crippen LogP contribution in [0.4, 0.5) is 16.3 Å². The quantitative estimate of drug-likeness (QED) is 0.327. The van der Waals surface area contributed by atoms with E-state index in [0.29, 0.717) is 47.9 Å². The molecule has 0 bridgehead atoms. The van der Waals surface area contributed by atoms with Gasteiger partial charge in [-0.1, -0.05) is 48.5 Å². The van der Waals surface area contributed by atoms with Gasteiger partial charge in [-0.05, 0) is 30.2 Å². The minimum atomic E-state index is -0.272.